The highest BCUT2D eigenvalue weighted by molar-refractivity contribution is 5.79. The van der Waals surface area contributed by atoms with Crippen LogP contribution >= 0.6 is 0 Å². The van der Waals surface area contributed by atoms with Crippen molar-refractivity contribution in [3.63, 3.8) is 0 Å². The van der Waals surface area contributed by atoms with Gasteiger partial charge < -0.3 is 0 Å². The van der Waals surface area contributed by atoms with E-state index >= 15 is 0 Å². The van der Waals surface area contributed by atoms with Gasteiger partial charge in [0.15, 0.2) is 0 Å². The summed E-state index contributed by atoms with van der Waals surface area (Å²) in [5.41, 5.74) is 7.32. The maximum absolute atomic E-state index is 4.53. The monoisotopic (exact) mass is 297 g/mol. The molecule has 0 saturated carbocycles. The average molecular weight is 297 g/mol. The average Bonchev–Trinajstić information content (AvgIpc) is 3.13. The predicted octanol–water partition coefficient (Wildman–Crippen LogP) is 5.22. The lowest BCUT2D eigenvalue weighted by Gasteiger charge is -2.34. The van der Waals surface area contributed by atoms with Gasteiger partial charge in [0.2, 0.25) is 0 Å². The van der Waals surface area contributed by atoms with Crippen molar-refractivity contribution in [1.82, 2.24) is 0 Å². The normalized spacial score (nSPS) is 25.2. The van der Waals surface area contributed by atoms with Crippen LogP contribution in [0.25, 0.3) is 0 Å². The van der Waals surface area contributed by atoms with Crippen molar-refractivity contribution < 1.29 is 0 Å². The van der Waals surface area contributed by atoms with Gasteiger partial charge in [0, 0.05) is 11.9 Å². The fourth-order valence-corrected chi connectivity index (χ4v) is 3.75. The molecule has 0 radical (unpaired) electrons. The molecule has 0 saturated heterocycles. The second kappa shape index (κ2) is 5.20. The van der Waals surface area contributed by atoms with Crippen LogP contribution in [0.1, 0.15) is 19.4 Å². The summed E-state index contributed by atoms with van der Waals surface area (Å²) in [6, 6.07) is 10.7. The van der Waals surface area contributed by atoms with Crippen molar-refractivity contribution >= 4 is 6.21 Å². The van der Waals surface area contributed by atoms with E-state index in [-0.39, 0.29) is 5.41 Å². The Morgan fingerprint density at radius 3 is 2.57 bits per heavy atom. The number of benzene rings is 1. The summed E-state index contributed by atoms with van der Waals surface area (Å²) in [6.45, 7) is 4.28. The second-order valence-electron chi connectivity index (χ2n) is 6.23. The van der Waals surface area contributed by atoms with Crippen LogP contribution in [-0.4, -0.2) is 6.21 Å². The molecule has 2 aliphatic carbocycles. The van der Waals surface area contributed by atoms with Crippen molar-refractivity contribution in [2.24, 2.45) is 4.99 Å². The number of fused-ring (bicyclic) bond motifs is 1. The van der Waals surface area contributed by atoms with Gasteiger partial charge in [-0.25, -0.2) is 0 Å². The standard InChI is InChI=1S/C22H19N/c1-16-13-14-23-17(2)15-22(16,19-8-4-3-5-9-19)21-12-11-18-7-6-10-20(18)21/h3-15H,1-2H3. The van der Waals surface area contributed by atoms with Crippen molar-refractivity contribution in [1.29, 1.82) is 0 Å². The van der Waals surface area contributed by atoms with E-state index in [4.69, 9.17) is 0 Å². The number of aliphatic imine (C=N–C) groups is 1. The molecule has 23 heavy (non-hydrogen) atoms. The van der Waals surface area contributed by atoms with Crippen molar-refractivity contribution in [2.45, 2.75) is 19.3 Å². The molecule has 0 N–H and O–H groups in total. The molecule has 1 unspecified atom stereocenters. The van der Waals surface area contributed by atoms with Crippen LogP contribution in [0, 0.1) is 0 Å². The number of hydrogen-bond acceptors (Lipinski definition) is 1. The Morgan fingerprint density at radius 1 is 0.913 bits per heavy atom. The molecule has 3 aliphatic rings. The number of nitrogens with zero attached hydrogens (tertiary/aromatic N) is 1. The third kappa shape index (κ3) is 2.04. The number of rotatable bonds is 2. The largest absolute Gasteiger partial charge is 0.262 e. The van der Waals surface area contributed by atoms with E-state index in [2.05, 4.69) is 91.7 Å². The SMILES string of the molecule is CC1=CC(C2=C3C=CC=C3C=C2)(c2ccccc2)C(C)=CC=N1. The minimum Gasteiger partial charge on any atom is -0.262 e. The number of allylic oxidation sites excluding steroid dienone is 12. The third-order valence-corrected chi connectivity index (χ3v) is 4.87. The van der Waals surface area contributed by atoms with E-state index in [0.717, 1.165) is 5.70 Å². The Kier molecular flexibility index (Phi) is 3.16. The van der Waals surface area contributed by atoms with Crippen LogP contribution in [0.4, 0.5) is 0 Å². The molecule has 4 rings (SSSR count). The second-order valence-corrected chi connectivity index (χ2v) is 6.23. The molecule has 0 amide bonds. The third-order valence-electron chi connectivity index (χ3n) is 4.87. The van der Waals surface area contributed by atoms with E-state index < -0.39 is 0 Å². The van der Waals surface area contributed by atoms with Crippen LogP contribution in [0.3, 0.4) is 0 Å². The van der Waals surface area contributed by atoms with Crippen molar-refractivity contribution in [3.8, 4) is 0 Å². The molecule has 1 aromatic rings. The molecule has 0 aromatic heterocycles. The first kappa shape index (κ1) is 14.0. The minimum absolute atomic E-state index is 0.266. The molecule has 0 spiro atoms. The van der Waals surface area contributed by atoms with Gasteiger partial charge in [0.05, 0.1) is 5.41 Å². The first-order valence-corrected chi connectivity index (χ1v) is 8.00. The zero-order chi connectivity index (χ0) is 15.9. The van der Waals surface area contributed by atoms with Crippen LogP contribution in [0.5, 0.6) is 0 Å². The van der Waals surface area contributed by atoms with Gasteiger partial charge in [-0.3, -0.25) is 4.99 Å². The summed E-state index contributed by atoms with van der Waals surface area (Å²) in [6.07, 6.45) is 17.4. The van der Waals surface area contributed by atoms with E-state index in [9.17, 15) is 0 Å². The summed E-state index contributed by atoms with van der Waals surface area (Å²) < 4.78 is 0. The van der Waals surface area contributed by atoms with E-state index in [1.165, 1.54) is 27.9 Å². The van der Waals surface area contributed by atoms with Gasteiger partial charge >= 0.3 is 0 Å². The van der Waals surface area contributed by atoms with Gasteiger partial charge in [-0.1, -0.05) is 66.3 Å². The highest BCUT2D eigenvalue weighted by Crippen LogP contribution is 2.48. The fraction of sp³-hybridized carbons (Fsp3) is 0.136. The van der Waals surface area contributed by atoms with Crippen LogP contribution < -0.4 is 0 Å². The van der Waals surface area contributed by atoms with Crippen LogP contribution in [0.2, 0.25) is 0 Å². The molecular formula is C22H19N. The molecule has 0 fully saturated rings. The van der Waals surface area contributed by atoms with Crippen molar-refractivity contribution in [3.05, 3.63) is 106 Å². The summed E-state index contributed by atoms with van der Waals surface area (Å²) in [7, 11) is 0. The maximum Gasteiger partial charge on any atom is 0.0619 e. The molecule has 1 atom stereocenters. The Bertz CT molecular complexity index is 870. The Balaban J connectivity index is 2.06. The smallest absolute Gasteiger partial charge is 0.0619 e. The van der Waals surface area contributed by atoms with Crippen LogP contribution in [-0.2, 0) is 5.41 Å². The van der Waals surface area contributed by atoms with Gasteiger partial charge in [0.1, 0.15) is 0 Å². The minimum atomic E-state index is -0.266. The summed E-state index contributed by atoms with van der Waals surface area (Å²) in [5.74, 6) is 0. The van der Waals surface area contributed by atoms with Gasteiger partial charge in [-0.15, -0.1) is 0 Å². The van der Waals surface area contributed by atoms with Gasteiger partial charge in [-0.2, -0.15) is 0 Å². The predicted molar refractivity (Wildman–Crippen MR) is 97.5 cm³/mol. The van der Waals surface area contributed by atoms with E-state index in [1.807, 2.05) is 6.21 Å². The van der Waals surface area contributed by atoms with Gasteiger partial charge in [-0.05, 0) is 48.3 Å². The maximum atomic E-state index is 4.53. The first-order valence-electron chi connectivity index (χ1n) is 8.00. The lowest BCUT2D eigenvalue weighted by Crippen LogP contribution is -2.28. The molecule has 1 heterocycles. The highest BCUT2D eigenvalue weighted by Gasteiger charge is 2.39. The lowest BCUT2D eigenvalue weighted by molar-refractivity contribution is 0.748. The zero-order valence-electron chi connectivity index (χ0n) is 13.5. The molecule has 0 bridgehead atoms. The van der Waals surface area contributed by atoms with Crippen LogP contribution in [0.15, 0.2) is 106 Å². The molecule has 1 nitrogen and oxygen atoms in total. The highest BCUT2D eigenvalue weighted by atomic mass is 14.7. The number of hydrogen-bond donors (Lipinski definition) is 0. The van der Waals surface area contributed by atoms with Crippen molar-refractivity contribution in [2.75, 3.05) is 0 Å². The summed E-state index contributed by atoms with van der Waals surface area (Å²) in [4.78, 5) is 4.53. The van der Waals surface area contributed by atoms with Gasteiger partial charge in [0.25, 0.3) is 0 Å². The summed E-state index contributed by atoms with van der Waals surface area (Å²) >= 11 is 0. The van der Waals surface area contributed by atoms with E-state index in [1.54, 1.807) is 0 Å². The molecule has 1 heteroatoms. The topological polar surface area (TPSA) is 12.4 Å². The molecular weight excluding hydrogens is 278 g/mol. The molecule has 1 aliphatic heterocycles. The molecule has 112 valence electrons. The Morgan fingerprint density at radius 2 is 1.74 bits per heavy atom. The first-order chi connectivity index (χ1) is 11.2. The lowest BCUT2D eigenvalue weighted by atomic mass is 9.67. The quantitative estimate of drug-likeness (QED) is 0.709. The van der Waals surface area contributed by atoms with E-state index in [0.29, 0.717) is 0 Å². The fourth-order valence-electron chi connectivity index (χ4n) is 3.75. The molecule has 1 aromatic carbocycles. The Labute approximate surface area is 137 Å². The zero-order valence-corrected chi connectivity index (χ0v) is 13.5. The Hall–Kier alpha value is -2.67. The summed E-state index contributed by atoms with van der Waals surface area (Å²) in [5, 5.41) is 0.